The fourth-order valence-electron chi connectivity index (χ4n) is 5.93. The molecule has 0 aliphatic heterocycles. The van der Waals surface area contributed by atoms with E-state index in [4.69, 9.17) is 0 Å². The third-order valence-electron chi connectivity index (χ3n) is 8.02. The van der Waals surface area contributed by atoms with Crippen molar-refractivity contribution in [2.75, 3.05) is 10.2 Å². The highest BCUT2D eigenvalue weighted by molar-refractivity contribution is 7.25. The van der Waals surface area contributed by atoms with Crippen LogP contribution in [0, 0.1) is 0 Å². The quantitative estimate of drug-likeness (QED) is 0.215. The third-order valence-corrected chi connectivity index (χ3v) is 9.15. The Hall–Kier alpha value is -5.38. The number of nitrogens with one attached hydrogen (secondary N) is 1. The van der Waals surface area contributed by atoms with Crippen LogP contribution in [0.2, 0.25) is 0 Å². The van der Waals surface area contributed by atoms with Crippen molar-refractivity contribution in [3.05, 3.63) is 164 Å². The molecule has 2 nitrogen and oxygen atoms in total. The minimum atomic E-state index is 1.08. The molecule has 0 saturated heterocycles. The average Bonchev–Trinajstić information content (AvgIpc) is 3.43. The predicted octanol–water partition coefficient (Wildman–Crippen LogP) is 12.1. The van der Waals surface area contributed by atoms with E-state index in [9.17, 15) is 0 Å². The standard InChI is InChI=1S/C40H28N2S/c1-3-10-28(11-4-1)29-18-20-31(21-19-29)41-32-22-25-39-37(26-32)36-24-23-34(27-40(36)43-39)42(33-14-5-2-6-15-33)38-17-9-13-30-12-7-8-16-35(30)38/h1-27,41H. The maximum absolute atomic E-state index is 3.62. The lowest BCUT2D eigenvalue weighted by atomic mass is 10.1. The van der Waals surface area contributed by atoms with Crippen molar-refractivity contribution in [2.24, 2.45) is 0 Å². The molecule has 43 heavy (non-hydrogen) atoms. The molecule has 0 atom stereocenters. The number of rotatable bonds is 6. The van der Waals surface area contributed by atoms with Gasteiger partial charge in [-0.15, -0.1) is 11.3 Å². The zero-order valence-electron chi connectivity index (χ0n) is 23.4. The molecule has 3 heteroatoms. The minimum absolute atomic E-state index is 1.08. The Balaban J connectivity index is 1.16. The predicted molar refractivity (Wildman–Crippen MR) is 187 cm³/mol. The molecule has 1 N–H and O–H groups in total. The maximum atomic E-state index is 3.62. The first-order valence-electron chi connectivity index (χ1n) is 14.5. The highest BCUT2D eigenvalue weighted by Crippen LogP contribution is 2.43. The summed E-state index contributed by atoms with van der Waals surface area (Å²) in [5.41, 5.74) is 8.08. The molecule has 7 aromatic carbocycles. The number of benzene rings is 7. The van der Waals surface area contributed by atoms with Crippen LogP contribution in [0.25, 0.3) is 42.1 Å². The summed E-state index contributed by atoms with van der Waals surface area (Å²) >= 11 is 1.85. The van der Waals surface area contributed by atoms with E-state index in [-0.39, 0.29) is 0 Å². The van der Waals surface area contributed by atoms with Gasteiger partial charge < -0.3 is 10.2 Å². The normalized spacial score (nSPS) is 11.3. The number of nitrogens with zero attached hydrogens (tertiary/aromatic N) is 1. The van der Waals surface area contributed by atoms with Gasteiger partial charge in [0.1, 0.15) is 0 Å². The molecule has 0 aliphatic rings. The van der Waals surface area contributed by atoms with Gasteiger partial charge in [-0.1, -0.05) is 103 Å². The largest absolute Gasteiger partial charge is 0.356 e. The highest BCUT2D eigenvalue weighted by atomic mass is 32.1. The fraction of sp³-hybridized carbons (Fsp3) is 0. The number of anilines is 5. The van der Waals surface area contributed by atoms with E-state index >= 15 is 0 Å². The molecule has 8 rings (SSSR count). The van der Waals surface area contributed by atoms with E-state index in [2.05, 4.69) is 174 Å². The molecule has 0 aliphatic carbocycles. The van der Waals surface area contributed by atoms with Gasteiger partial charge >= 0.3 is 0 Å². The van der Waals surface area contributed by atoms with Crippen LogP contribution in [0.3, 0.4) is 0 Å². The van der Waals surface area contributed by atoms with Crippen molar-refractivity contribution in [3.63, 3.8) is 0 Å². The summed E-state index contributed by atoms with van der Waals surface area (Å²) in [6.45, 7) is 0. The molecule has 0 radical (unpaired) electrons. The monoisotopic (exact) mass is 568 g/mol. The van der Waals surface area contributed by atoms with Crippen LogP contribution >= 0.6 is 11.3 Å². The van der Waals surface area contributed by atoms with Gasteiger partial charge in [0, 0.05) is 48.3 Å². The maximum Gasteiger partial charge on any atom is 0.0540 e. The van der Waals surface area contributed by atoms with Crippen LogP contribution in [-0.2, 0) is 0 Å². The van der Waals surface area contributed by atoms with Crippen LogP contribution in [0.4, 0.5) is 28.4 Å². The van der Waals surface area contributed by atoms with Crippen LogP contribution in [0.5, 0.6) is 0 Å². The Morgan fingerprint density at radius 1 is 0.419 bits per heavy atom. The smallest absolute Gasteiger partial charge is 0.0540 e. The van der Waals surface area contributed by atoms with Gasteiger partial charge in [-0.3, -0.25) is 0 Å². The van der Waals surface area contributed by atoms with Crippen LogP contribution in [0.1, 0.15) is 0 Å². The van der Waals surface area contributed by atoms with E-state index in [0.29, 0.717) is 0 Å². The summed E-state index contributed by atoms with van der Waals surface area (Å²) in [7, 11) is 0. The van der Waals surface area contributed by atoms with Gasteiger partial charge in [-0.25, -0.2) is 0 Å². The van der Waals surface area contributed by atoms with Gasteiger partial charge in [0.05, 0.1) is 5.69 Å². The number of thiophene rings is 1. The van der Waals surface area contributed by atoms with Crippen LogP contribution in [-0.4, -0.2) is 0 Å². The van der Waals surface area contributed by atoms with E-state index < -0.39 is 0 Å². The van der Waals surface area contributed by atoms with Gasteiger partial charge in [0.15, 0.2) is 0 Å². The average molecular weight is 569 g/mol. The molecule has 0 amide bonds. The van der Waals surface area contributed by atoms with E-state index in [1.165, 1.54) is 47.8 Å². The lowest BCUT2D eigenvalue weighted by molar-refractivity contribution is 1.30. The fourth-order valence-corrected chi connectivity index (χ4v) is 7.05. The van der Waals surface area contributed by atoms with Gasteiger partial charge in [-0.2, -0.15) is 0 Å². The first-order chi connectivity index (χ1) is 21.3. The second-order valence-corrected chi connectivity index (χ2v) is 11.8. The number of para-hydroxylation sites is 1. The highest BCUT2D eigenvalue weighted by Gasteiger charge is 2.16. The lowest BCUT2D eigenvalue weighted by Gasteiger charge is -2.27. The second-order valence-electron chi connectivity index (χ2n) is 10.7. The molecule has 0 bridgehead atoms. The molecule has 0 unspecified atom stereocenters. The Morgan fingerprint density at radius 2 is 1.12 bits per heavy atom. The van der Waals surface area contributed by atoms with Gasteiger partial charge in [-0.05, 0) is 77.2 Å². The molecule has 0 spiro atoms. The molecule has 204 valence electrons. The zero-order chi connectivity index (χ0) is 28.6. The molecule has 0 fully saturated rings. The van der Waals surface area contributed by atoms with Crippen molar-refractivity contribution in [3.8, 4) is 11.1 Å². The molecule has 8 aromatic rings. The Labute approximate surface area is 255 Å². The zero-order valence-corrected chi connectivity index (χ0v) is 24.3. The van der Waals surface area contributed by atoms with Crippen molar-refractivity contribution in [1.29, 1.82) is 0 Å². The summed E-state index contributed by atoms with van der Waals surface area (Å²) in [6, 6.07) is 58.5. The van der Waals surface area contributed by atoms with E-state index in [0.717, 1.165) is 22.7 Å². The van der Waals surface area contributed by atoms with Crippen LogP contribution < -0.4 is 10.2 Å². The second kappa shape index (κ2) is 10.8. The summed E-state index contributed by atoms with van der Waals surface area (Å²) < 4.78 is 2.56. The minimum Gasteiger partial charge on any atom is -0.356 e. The lowest BCUT2D eigenvalue weighted by Crippen LogP contribution is -2.10. The first kappa shape index (κ1) is 25.3. The summed E-state index contributed by atoms with van der Waals surface area (Å²) in [5.74, 6) is 0. The van der Waals surface area contributed by atoms with Crippen molar-refractivity contribution in [1.82, 2.24) is 0 Å². The summed E-state index contributed by atoms with van der Waals surface area (Å²) in [4.78, 5) is 2.37. The Morgan fingerprint density at radius 3 is 1.95 bits per heavy atom. The van der Waals surface area contributed by atoms with Gasteiger partial charge in [0.2, 0.25) is 0 Å². The first-order valence-corrected chi connectivity index (χ1v) is 15.3. The molecule has 1 aromatic heterocycles. The number of hydrogen-bond acceptors (Lipinski definition) is 3. The number of fused-ring (bicyclic) bond motifs is 4. The SMILES string of the molecule is c1ccc(-c2ccc(Nc3ccc4sc5cc(N(c6ccccc6)c6cccc7ccccc67)ccc5c4c3)cc2)cc1. The van der Waals surface area contributed by atoms with Crippen molar-refractivity contribution < 1.29 is 0 Å². The van der Waals surface area contributed by atoms with Crippen molar-refractivity contribution >= 4 is 70.7 Å². The molecule has 1 heterocycles. The summed E-state index contributed by atoms with van der Waals surface area (Å²) in [5, 5.41) is 8.63. The molecular weight excluding hydrogens is 541 g/mol. The Kier molecular flexibility index (Phi) is 6.36. The Bertz CT molecular complexity index is 2200. The van der Waals surface area contributed by atoms with Crippen molar-refractivity contribution in [2.45, 2.75) is 0 Å². The van der Waals surface area contributed by atoms with E-state index in [1.54, 1.807) is 0 Å². The number of hydrogen-bond donors (Lipinski definition) is 1. The van der Waals surface area contributed by atoms with Gasteiger partial charge in [0.25, 0.3) is 0 Å². The molecule has 0 saturated carbocycles. The summed E-state index contributed by atoms with van der Waals surface area (Å²) in [6.07, 6.45) is 0. The van der Waals surface area contributed by atoms with Crippen LogP contribution in [0.15, 0.2) is 164 Å². The topological polar surface area (TPSA) is 15.3 Å². The third kappa shape index (κ3) is 4.80. The molecular formula is C40H28N2S. The van der Waals surface area contributed by atoms with E-state index in [1.807, 2.05) is 11.3 Å².